The quantitative estimate of drug-likeness (QED) is 0.681. The van der Waals surface area contributed by atoms with Gasteiger partial charge in [-0.2, -0.15) is 0 Å². The molecule has 1 aliphatic rings. The Kier molecular flexibility index (Phi) is 6.76. The monoisotopic (exact) mass is 287 g/mol. The van der Waals surface area contributed by atoms with Gasteiger partial charge in [0, 0.05) is 6.04 Å². The second kappa shape index (κ2) is 8.58. The lowest BCUT2D eigenvalue weighted by molar-refractivity contribution is 0.368. The minimum Gasteiger partial charge on any atom is -0.313 e. The van der Waals surface area contributed by atoms with Crippen LogP contribution in [0.25, 0.3) is 0 Å². The number of rotatable bonds is 6. The van der Waals surface area contributed by atoms with Crippen molar-refractivity contribution in [2.45, 2.75) is 71.3 Å². The molecule has 1 heteroatoms. The summed E-state index contributed by atoms with van der Waals surface area (Å²) in [6.07, 6.45) is 11.1. The topological polar surface area (TPSA) is 12.0 Å². The Hall–Kier alpha value is -0.820. The fourth-order valence-corrected chi connectivity index (χ4v) is 3.71. The van der Waals surface area contributed by atoms with Crippen LogP contribution in [0.3, 0.4) is 0 Å². The molecule has 0 bridgehead atoms. The third kappa shape index (κ3) is 5.47. The van der Waals surface area contributed by atoms with E-state index in [9.17, 15) is 0 Å². The van der Waals surface area contributed by atoms with E-state index in [-0.39, 0.29) is 0 Å². The van der Waals surface area contributed by atoms with Crippen LogP contribution in [0, 0.1) is 11.8 Å². The Bertz CT molecular complexity index is 385. The predicted octanol–water partition coefficient (Wildman–Crippen LogP) is 5.51. The van der Waals surface area contributed by atoms with Gasteiger partial charge in [0.15, 0.2) is 0 Å². The summed E-state index contributed by atoms with van der Waals surface area (Å²) in [7, 11) is 2.11. The molecule has 0 aliphatic heterocycles. The molecule has 0 aromatic heterocycles. The first-order chi connectivity index (χ1) is 10.2. The summed E-state index contributed by atoms with van der Waals surface area (Å²) < 4.78 is 0. The summed E-state index contributed by atoms with van der Waals surface area (Å²) in [6.45, 7) is 4.58. The van der Waals surface area contributed by atoms with Gasteiger partial charge in [0.2, 0.25) is 0 Å². The van der Waals surface area contributed by atoms with Crippen LogP contribution in [0.1, 0.15) is 76.0 Å². The van der Waals surface area contributed by atoms with Crippen molar-refractivity contribution in [3.05, 3.63) is 35.4 Å². The van der Waals surface area contributed by atoms with Gasteiger partial charge in [-0.15, -0.1) is 0 Å². The molecule has 0 heterocycles. The highest BCUT2D eigenvalue weighted by Gasteiger charge is 2.18. The van der Waals surface area contributed by atoms with Gasteiger partial charge in [-0.25, -0.2) is 0 Å². The lowest BCUT2D eigenvalue weighted by Crippen LogP contribution is -2.20. The van der Waals surface area contributed by atoms with Gasteiger partial charge < -0.3 is 5.32 Å². The van der Waals surface area contributed by atoms with Gasteiger partial charge in [-0.05, 0) is 42.9 Å². The van der Waals surface area contributed by atoms with E-state index >= 15 is 0 Å². The molecule has 1 aromatic carbocycles. The third-order valence-electron chi connectivity index (χ3n) is 4.92. The molecule has 2 rings (SSSR count). The Labute approximate surface area is 131 Å². The summed E-state index contributed by atoms with van der Waals surface area (Å²) in [4.78, 5) is 0. The number of nitrogens with one attached hydrogen (secondary N) is 1. The second-order valence-corrected chi connectivity index (χ2v) is 7.27. The maximum atomic E-state index is 3.55. The average Bonchev–Trinajstić information content (AvgIpc) is 2.74. The molecule has 0 amide bonds. The maximum Gasteiger partial charge on any atom is 0.0320 e. The van der Waals surface area contributed by atoms with Crippen LogP contribution in [0.2, 0.25) is 0 Å². The summed E-state index contributed by atoms with van der Waals surface area (Å²) in [5, 5.41) is 3.55. The largest absolute Gasteiger partial charge is 0.313 e. The number of hydrogen-bond acceptors (Lipinski definition) is 1. The molecule has 1 saturated carbocycles. The van der Waals surface area contributed by atoms with E-state index in [1.54, 1.807) is 0 Å². The lowest BCUT2D eigenvalue weighted by Gasteiger charge is -2.23. The molecule has 1 aromatic rings. The summed E-state index contributed by atoms with van der Waals surface area (Å²) in [5.41, 5.74) is 2.94. The average molecular weight is 287 g/mol. The van der Waals surface area contributed by atoms with Crippen molar-refractivity contribution in [2.24, 2.45) is 11.8 Å². The zero-order chi connectivity index (χ0) is 15.1. The van der Waals surface area contributed by atoms with Crippen molar-refractivity contribution in [1.29, 1.82) is 0 Å². The Morgan fingerprint density at radius 2 is 1.62 bits per heavy atom. The van der Waals surface area contributed by atoms with Crippen LogP contribution in [-0.4, -0.2) is 7.05 Å². The molecular weight excluding hydrogens is 254 g/mol. The zero-order valence-corrected chi connectivity index (χ0v) is 14.2. The molecule has 1 atom stereocenters. The van der Waals surface area contributed by atoms with Crippen LogP contribution in [0.5, 0.6) is 0 Å². The van der Waals surface area contributed by atoms with Crippen molar-refractivity contribution in [1.82, 2.24) is 5.32 Å². The highest BCUT2D eigenvalue weighted by molar-refractivity contribution is 5.25. The maximum absolute atomic E-state index is 3.55. The lowest BCUT2D eigenvalue weighted by atomic mass is 9.89. The van der Waals surface area contributed by atoms with Gasteiger partial charge in [-0.3, -0.25) is 0 Å². The Morgan fingerprint density at radius 3 is 2.14 bits per heavy atom. The summed E-state index contributed by atoms with van der Waals surface area (Å²) in [5.74, 6) is 1.65. The number of hydrogen-bond donors (Lipinski definition) is 1. The fourth-order valence-electron chi connectivity index (χ4n) is 3.71. The Balaban J connectivity index is 1.96. The molecule has 21 heavy (non-hydrogen) atoms. The molecule has 1 nitrogen and oxygen atoms in total. The van der Waals surface area contributed by atoms with Crippen LogP contribution >= 0.6 is 0 Å². The highest BCUT2D eigenvalue weighted by Crippen LogP contribution is 2.31. The molecule has 118 valence electrons. The van der Waals surface area contributed by atoms with E-state index in [2.05, 4.69) is 50.5 Å². The van der Waals surface area contributed by atoms with E-state index in [1.807, 2.05) is 0 Å². The zero-order valence-electron chi connectivity index (χ0n) is 14.2. The summed E-state index contributed by atoms with van der Waals surface area (Å²) in [6, 6.07) is 9.87. The van der Waals surface area contributed by atoms with Crippen LogP contribution in [-0.2, 0) is 6.42 Å². The minimum absolute atomic E-state index is 0.529. The molecular formula is C20H33N. The van der Waals surface area contributed by atoms with E-state index in [1.165, 1.54) is 62.5 Å². The van der Waals surface area contributed by atoms with Gasteiger partial charge >= 0.3 is 0 Å². The molecule has 1 aliphatic carbocycles. The summed E-state index contributed by atoms with van der Waals surface area (Å²) >= 11 is 0. The second-order valence-electron chi connectivity index (χ2n) is 7.27. The smallest absolute Gasteiger partial charge is 0.0320 e. The Morgan fingerprint density at radius 1 is 1.00 bits per heavy atom. The van der Waals surface area contributed by atoms with E-state index in [0.29, 0.717) is 6.04 Å². The molecule has 0 spiro atoms. The van der Waals surface area contributed by atoms with Crippen LogP contribution in [0.15, 0.2) is 24.3 Å². The van der Waals surface area contributed by atoms with Crippen molar-refractivity contribution in [2.75, 3.05) is 7.05 Å². The minimum atomic E-state index is 0.529. The first kappa shape index (κ1) is 16.5. The van der Waals surface area contributed by atoms with Crippen molar-refractivity contribution in [3.63, 3.8) is 0 Å². The predicted molar refractivity (Wildman–Crippen MR) is 92.6 cm³/mol. The highest BCUT2D eigenvalue weighted by atomic mass is 14.9. The molecule has 1 N–H and O–H groups in total. The normalized spacial score (nSPS) is 18.7. The van der Waals surface area contributed by atoms with E-state index in [4.69, 9.17) is 0 Å². The van der Waals surface area contributed by atoms with E-state index < -0.39 is 0 Å². The van der Waals surface area contributed by atoms with Gasteiger partial charge in [0.25, 0.3) is 0 Å². The van der Waals surface area contributed by atoms with Gasteiger partial charge in [0.05, 0.1) is 0 Å². The molecule has 1 unspecified atom stereocenters. The third-order valence-corrected chi connectivity index (χ3v) is 4.92. The van der Waals surface area contributed by atoms with Gasteiger partial charge in [0.1, 0.15) is 0 Å². The SMILES string of the molecule is CNC(CC1CCCCCC1)c1ccc(CC(C)C)cc1. The molecule has 1 fully saturated rings. The van der Waals surface area contributed by atoms with E-state index in [0.717, 1.165) is 11.8 Å². The van der Waals surface area contributed by atoms with Crippen molar-refractivity contribution >= 4 is 0 Å². The van der Waals surface area contributed by atoms with Gasteiger partial charge in [-0.1, -0.05) is 76.6 Å². The van der Waals surface area contributed by atoms with Crippen molar-refractivity contribution in [3.8, 4) is 0 Å². The molecule has 0 saturated heterocycles. The fraction of sp³-hybridized carbons (Fsp3) is 0.700. The van der Waals surface area contributed by atoms with Crippen molar-refractivity contribution < 1.29 is 0 Å². The first-order valence-electron chi connectivity index (χ1n) is 8.95. The van der Waals surface area contributed by atoms with Crippen LogP contribution in [0.4, 0.5) is 0 Å². The molecule has 0 radical (unpaired) electrons. The van der Waals surface area contributed by atoms with Crippen LogP contribution < -0.4 is 5.32 Å². The first-order valence-corrected chi connectivity index (χ1v) is 8.95. The number of benzene rings is 1. The standard InChI is InChI=1S/C20H33N/c1-16(2)14-18-10-12-19(13-11-18)20(21-3)15-17-8-6-4-5-7-9-17/h10-13,16-17,20-21H,4-9,14-15H2,1-3H3.